The summed E-state index contributed by atoms with van der Waals surface area (Å²) in [5, 5.41) is 3.64. The lowest BCUT2D eigenvalue weighted by Gasteiger charge is -2.29. The highest BCUT2D eigenvalue weighted by Gasteiger charge is 2.19. The van der Waals surface area contributed by atoms with Crippen molar-refractivity contribution in [2.24, 2.45) is 5.92 Å². The molecule has 1 aliphatic rings. The van der Waals surface area contributed by atoms with Gasteiger partial charge in [-0.15, -0.1) is 0 Å². The molecule has 0 heterocycles. The number of hydrogen-bond acceptors (Lipinski definition) is 2. The van der Waals surface area contributed by atoms with Crippen LogP contribution in [0.5, 0.6) is 0 Å². The summed E-state index contributed by atoms with van der Waals surface area (Å²) >= 11 is 0. The van der Waals surface area contributed by atoms with Crippen LogP contribution in [0.1, 0.15) is 45.4 Å². The predicted molar refractivity (Wildman–Crippen MR) is 60.5 cm³/mol. The van der Waals surface area contributed by atoms with Crippen molar-refractivity contribution in [2.75, 3.05) is 20.3 Å². The third kappa shape index (κ3) is 4.43. The van der Waals surface area contributed by atoms with Crippen molar-refractivity contribution >= 4 is 0 Å². The Hall–Kier alpha value is -0.0800. The Labute approximate surface area is 88.4 Å². The van der Waals surface area contributed by atoms with Gasteiger partial charge >= 0.3 is 0 Å². The maximum atomic E-state index is 5.03. The third-order valence-electron chi connectivity index (χ3n) is 3.32. The second kappa shape index (κ2) is 7.24. The van der Waals surface area contributed by atoms with Crippen LogP contribution in [0.15, 0.2) is 0 Å². The van der Waals surface area contributed by atoms with E-state index in [2.05, 4.69) is 12.2 Å². The molecule has 14 heavy (non-hydrogen) atoms. The third-order valence-corrected chi connectivity index (χ3v) is 3.32. The first-order valence-corrected chi connectivity index (χ1v) is 6.09. The molecule has 1 aliphatic carbocycles. The Morgan fingerprint density at radius 2 is 2.21 bits per heavy atom. The highest BCUT2D eigenvalue weighted by Crippen LogP contribution is 2.26. The molecule has 2 heteroatoms. The highest BCUT2D eigenvalue weighted by molar-refractivity contribution is 4.77. The van der Waals surface area contributed by atoms with Gasteiger partial charge in [-0.3, -0.25) is 0 Å². The van der Waals surface area contributed by atoms with Crippen LogP contribution in [-0.4, -0.2) is 26.3 Å². The molecule has 2 nitrogen and oxygen atoms in total. The molecular weight excluding hydrogens is 174 g/mol. The molecule has 0 radical (unpaired) electrons. The minimum Gasteiger partial charge on any atom is -0.385 e. The second-order valence-corrected chi connectivity index (χ2v) is 4.44. The standard InChI is InChI=1S/C12H25NO/c1-3-11-6-4-7-12(10-11)13-8-5-9-14-2/h11-13H,3-10H2,1-2H3. The van der Waals surface area contributed by atoms with E-state index in [0.29, 0.717) is 0 Å². The Balaban J connectivity index is 2.05. The summed E-state index contributed by atoms with van der Waals surface area (Å²) in [6, 6.07) is 0.783. The predicted octanol–water partition coefficient (Wildman–Crippen LogP) is 2.58. The van der Waals surface area contributed by atoms with Crippen molar-refractivity contribution in [3.05, 3.63) is 0 Å². The lowest BCUT2D eigenvalue weighted by Crippen LogP contribution is -2.34. The van der Waals surface area contributed by atoms with Gasteiger partial charge in [0.25, 0.3) is 0 Å². The first kappa shape index (κ1) is 12.0. The Morgan fingerprint density at radius 3 is 2.93 bits per heavy atom. The van der Waals surface area contributed by atoms with Crippen molar-refractivity contribution in [1.29, 1.82) is 0 Å². The molecule has 1 rings (SSSR count). The van der Waals surface area contributed by atoms with Gasteiger partial charge in [0.15, 0.2) is 0 Å². The summed E-state index contributed by atoms with van der Waals surface area (Å²) in [6.07, 6.45) is 8.14. The topological polar surface area (TPSA) is 21.3 Å². The van der Waals surface area contributed by atoms with Crippen LogP contribution < -0.4 is 5.32 Å². The van der Waals surface area contributed by atoms with Gasteiger partial charge in [-0.2, -0.15) is 0 Å². The zero-order valence-electron chi connectivity index (χ0n) is 9.72. The van der Waals surface area contributed by atoms with Crippen molar-refractivity contribution in [3.8, 4) is 0 Å². The smallest absolute Gasteiger partial charge is 0.0474 e. The van der Waals surface area contributed by atoms with Crippen LogP contribution in [0, 0.1) is 5.92 Å². The molecule has 0 amide bonds. The van der Waals surface area contributed by atoms with Crippen molar-refractivity contribution in [3.63, 3.8) is 0 Å². The average molecular weight is 199 g/mol. The molecule has 1 saturated carbocycles. The molecule has 0 bridgehead atoms. The summed E-state index contributed by atoms with van der Waals surface area (Å²) in [5.74, 6) is 0.976. The average Bonchev–Trinajstić information content (AvgIpc) is 2.25. The van der Waals surface area contributed by atoms with Crippen LogP contribution >= 0.6 is 0 Å². The van der Waals surface area contributed by atoms with E-state index in [9.17, 15) is 0 Å². The van der Waals surface area contributed by atoms with E-state index >= 15 is 0 Å². The van der Waals surface area contributed by atoms with Gasteiger partial charge < -0.3 is 10.1 Å². The van der Waals surface area contributed by atoms with Gasteiger partial charge in [0.05, 0.1) is 0 Å². The second-order valence-electron chi connectivity index (χ2n) is 4.44. The molecule has 0 aromatic rings. The summed E-state index contributed by atoms with van der Waals surface area (Å²) in [7, 11) is 1.77. The maximum Gasteiger partial charge on any atom is 0.0474 e. The lowest BCUT2D eigenvalue weighted by molar-refractivity contribution is 0.190. The van der Waals surface area contributed by atoms with Gasteiger partial charge in [0.2, 0.25) is 0 Å². The minimum absolute atomic E-state index is 0.783. The van der Waals surface area contributed by atoms with E-state index in [1.165, 1.54) is 32.1 Å². The first-order chi connectivity index (χ1) is 6.86. The summed E-state index contributed by atoms with van der Waals surface area (Å²) in [5.41, 5.74) is 0. The minimum atomic E-state index is 0.783. The van der Waals surface area contributed by atoms with Crippen LogP contribution in [-0.2, 0) is 4.74 Å². The zero-order chi connectivity index (χ0) is 10.2. The monoisotopic (exact) mass is 199 g/mol. The quantitative estimate of drug-likeness (QED) is 0.664. The molecule has 84 valence electrons. The number of hydrogen-bond donors (Lipinski definition) is 1. The fourth-order valence-corrected chi connectivity index (χ4v) is 2.37. The van der Waals surface area contributed by atoms with Crippen LogP contribution in [0.3, 0.4) is 0 Å². The van der Waals surface area contributed by atoms with Gasteiger partial charge in [0, 0.05) is 19.8 Å². The largest absolute Gasteiger partial charge is 0.385 e. The van der Waals surface area contributed by atoms with Crippen LogP contribution in [0.4, 0.5) is 0 Å². The maximum absolute atomic E-state index is 5.03. The summed E-state index contributed by atoms with van der Waals surface area (Å²) in [6.45, 7) is 4.32. The Kier molecular flexibility index (Phi) is 6.20. The number of methoxy groups -OCH3 is 1. The van der Waals surface area contributed by atoms with E-state index in [1.807, 2.05) is 0 Å². The van der Waals surface area contributed by atoms with Crippen molar-refractivity contribution < 1.29 is 4.74 Å². The number of nitrogens with one attached hydrogen (secondary N) is 1. The van der Waals surface area contributed by atoms with Gasteiger partial charge in [0.1, 0.15) is 0 Å². The molecule has 2 unspecified atom stereocenters. The lowest BCUT2D eigenvalue weighted by atomic mass is 9.84. The summed E-state index contributed by atoms with van der Waals surface area (Å²) in [4.78, 5) is 0. The Bertz CT molecular complexity index is 138. The van der Waals surface area contributed by atoms with E-state index in [4.69, 9.17) is 4.74 Å². The fourth-order valence-electron chi connectivity index (χ4n) is 2.37. The van der Waals surface area contributed by atoms with Gasteiger partial charge in [-0.05, 0) is 31.7 Å². The van der Waals surface area contributed by atoms with Crippen molar-refractivity contribution in [1.82, 2.24) is 5.32 Å². The summed E-state index contributed by atoms with van der Waals surface area (Å²) < 4.78 is 5.03. The van der Waals surface area contributed by atoms with E-state index in [-0.39, 0.29) is 0 Å². The zero-order valence-corrected chi connectivity index (χ0v) is 9.72. The SMILES string of the molecule is CCC1CCCC(NCCCOC)C1. The van der Waals surface area contributed by atoms with Crippen molar-refractivity contribution in [2.45, 2.75) is 51.5 Å². The molecule has 0 saturated heterocycles. The molecule has 0 aromatic heterocycles. The first-order valence-electron chi connectivity index (χ1n) is 6.09. The fraction of sp³-hybridized carbons (Fsp3) is 1.00. The highest BCUT2D eigenvalue weighted by atomic mass is 16.5. The molecule has 0 aromatic carbocycles. The van der Waals surface area contributed by atoms with Gasteiger partial charge in [-0.1, -0.05) is 26.2 Å². The van der Waals surface area contributed by atoms with Crippen LogP contribution in [0.25, 0.3) is 0 Å². The van der Waals surface area contributed by atoms with E-state index in [1.54, 1.807) is 7.11 Å². The molecule has 1 fully saturated rings. The molecule has 0 spiro atoms. The molecule has 0 aliphatic heterocycles. The molecule has 2 atom stereocenters. The number of ether oxygens (including phenoxy) is 1. The Morgan fingerprint density at radius 1 is 1.36 bits per heavy atom. The van der Waals surface area contributed by atoms with Gasteiger partial charge in [-0.25, -0.2) is 0 Å². The van der Waals surface area contributed by atoms with Crippen LogP contribution in [0.2, 0.25) is 0 Å². The molecule has 1 N–H and O–H groups in total. The normalized spacial score (nSPS) is 27.9. The number of rotatable bonds is 6. The molecular formula is C12H25NO. The van der Waals surface area contributed by atoms with E-state index in [0.717, 1.165) is 31.5 Å². The van der Waals surface area contributed by atoms with E-state index < -0.39 is 0 Å².